The summed E-state index contributed by atoms with van der Waals surface area (Å²) in [5.41, 5.74) is 0. The molecular formula is C4H12O4P+. The molecule has 56 valence electrons. The summed E-state index contributed by atoms with van der Waals surface area (Å²) in [5.74, 6) is 0. The van der Waals surface area contributed by atoms with Gasteiger partial charge in [0, 0.05) is 6.61 Å². The second-order valence-electron chi connectivity index (χ2n) is 1.45. The van der Waals surface area contributed by atoms with Crippen molar-refractivity contribution in [2.24, 2.45) is 0 Å². The van der Waals surface area contributed by atoms with E-state index >= 15 is 0 Å². The summed E-state index contributed by atoms with van der Waals surface area (Å²) in [7, 11) is -1.17. The number of rotatable bonds is 2. The topological polar surface area (TPSA) is 77.8 Å². The van der Waals surface area contributed by atoms with Crippen molar-refractivity contribution in [2.75, 3.05) is 6.61 Å². The van der Waals surface area contributed by atoms with Crippen LogP contribution in [0, 0.1) is 0 Å². The van der Waals surface area contributed by atoms with Gasteiger partial charge in [0.25, 0.3) is 0 Å². The average Bonchev–Trinajstić information content (AvgIpc) is 1.67. The molecule has 0 radical (unpaired) electrons. The summed E-state index contributed by atoms with van der Waals surface area (Å²) in [6, 6.07) is 0. The second-order valence-corrected chi connectivity index (χ2v) is 1.64. The van der Waals surface area contributed by atoms with E-state index in [0.29, 0.717) is 6.42 Å². The highest BCUT2D eigenvalue weighted by molar-refractivity contribution is 7.16. The van der Waals surface area contributed by atoms with Crippen LogP contribution in [0.5, 0.6) is 0 Å². The molecule has 0 bridgehead atoms. The third kappa shape index (κ3) is 32.1. The Hall–Kier alpha value is -0.0200. The van der Waals surface area contributed by atoms with Crippen molar-refractivity contribution in [3.8, 4) is 0 Å². The summed E-state index contributed by atoms with van der Waals surface area (Å²) in [6.45, 7) is 1.73. The molecule has 2 unspecified atom stereocenters. The van der Waals surface area contributed by atoms with E-state index < -0.39 is 8.69 Å². The van der Waals surface area contributed by atoms with Gasteiger partial charge >= 0.3 is 8.69 Å². The minimum absolute atomic E-state index is 0.0810. The van der Waals surface area contributed by atoms with Gasteiger partial charge in [-0.1, -0.05) is 0 Å². The van der Waals surface area contributed by atoms with E-state index in [-0.39, 0.29) is 12.7 Å². The molecule has 0 fully saturated rings. The molecule has 0 aromatic rings. The number of hydrogen-bond acceptors (Lipinski definition) is 3. The summed E-state index contributed by atoms with van der Waals surface area (Å²) >= 11 is 0. The third-order valence-electron chi connectivity index (χ3n) is 0.547. The van der Waals surface area contributed by atoms with Gasteiger partial charge in [0.15, 0.2) is 0 Å². The first-order valence-electron chi connectivity index (χ1n) is 2.49. The summed E-state index contributed by atoms with van der Waals surface area (Å²) in [4.78, 5) is 7.04. The van der Waals surface area contributed by atoms with Gasteiger partial charge in [0.1, 0.15) is 0 Å². The number of aliphatic hydroxyl groups is 2. The van der Waals surface area contributed by atoms with Crippen molar-refractivity contribution in [3.63, 3.8) is 0 Å². The molecule has 0 heterocycles. The van der Waals surface area contributed by atoms with E-state index in [1.807, 2.05) is 0 Å². The molecule has 4 nitrogen and oxygen atoms in total. The molecule has 0 saturated carbocycles. The Morgan fingerprint density at radius 3 is 2.00 bits per heavy atom. The van der Waals surface area contributed by atoms with E-state index in [9.17, 15) is 0 Å². The van der Waals surface area contributed by atoms with Crippen LogP contribution in [0.15, 0.2) is 0 Å². The predicted molar refractivity (Wildman–Crippen MR) is 34.6 cm³/mol. The zero-order chi connectivity index (χ0) is 7.70. The molecule has 2 atom stereocenters. The Bertz CT molecular complexity index is 56.5. The highest BCUT2D eigenvalue weighted by Crippen LogP contribution is 1.83. The molecule has 0 rings (SSSR count). The molecular weight excluding hydrogens is 143 g/mol. The van der Waals surface area contributed by atoms with Gasteiger partial charge in [0.2, 0.25) is 0 Å². The van der Waals surface area contributed by atoms with Crippen LogP contribution in [-0.2, 0) is 4.57 Å². The van der Waals surface area contributed by atoms with Gasteiger partial charge < -0.3 is 10.2 Å². The lowest BCUT2D eigenvalue weighted by atomic mass is 10.3. The summed E-state index contributed by atoms with van der Waals surface area (Å²) < 4.78 is 8.51. The highest BCUT2D eigenvalue weighted by Gasteiger charge is 1.88. The van der Waals surface area contributed by atoms with Crippen LogP contribution in [0.4, 0.5) is 0 Å². The maximum atomic E-state index is 8.51. The Morgan fingerprint density at radius 1 is 1.67 bits per heavy atom. The van der Waals surface area contributed by atoms with E-state index in [2.05, 4.69) is 0 Å². The second kappa shape index (κ2) is 10.9. The van der Waals surface area contributed by atoms with Crippen LogP contribution >= 0.6 is 8.69 Å². The third-order valence-corrected chi connectivity index (χ3v) is 0.547. The monoisotopic (exact) mass is 155 g/mol. The standard InChI is InChI=1S/C4H10O2.HO2P/c1-4(6)2-3-5;1-3-2/h4-6H,2-3H2,1H3;3H/p+1. The minimum atomic E-state index is -1.17. The first kappa shape index (κ1) is 11.7. The van der Waals surface area contributed by atoms with Crippen molar-refractivity contribution in [2.45, 2.75) is 19.4 Å². The summed E-state index contributed by atoms with van der Waals surface area (Å²) in [6.07, 6.45) is 0.134. The molecule has 0 aliphatic rings. The fourth-order valence-electron chi connectivity index (χ4n) is 0.187. The van der Waals surface area contributed by atoms with Crippen LogP contribution in [0.25, 0.3) is 0 Å². The fourth-order valence-corrected chi connectivity index (χ4v) is 0.187. The lowest BCUT2D eigenvalue weighted by Gasteiger charge is -1.95. The van der Waals surface area contributed by atoms with Crippen molar-refractivity contribution >= 4 is 8.69 Å². The van der Waals surface area contributed by atoms with Crippen LogP contribution in [0.3, 0.4) is 0 Å². The van der Waals surface area contributed by atoms with Gasteiger partial charge in [-0.3, -0.25) is 0 Å². The zero-order valence-electron chi connectivity index (χ0n) is 5.24. The van der Waals surface area contributed by atoms with E-state index in [4.69, 9.17) is 19.7 Å². The Morgan fingerprint density at radius 2 is 2.00 bits per heavy atom. The lowest BCUT2D eigenvalue weighted by molar-refractivity contribution is 0.148. The maximum absolute atomic E-state index is 8.51. The van der Waals surface area contributed by atoms with E-state index in [0.717, 1.165) is 0 Å². The van der Waals surface area contributed by atoms with Crippen molar-refractivity contribution in [1.82, 2.24) is 0 Å². The average molecular weight is 155 g/mol. The Labute approximate surface area is 55.4 Å². The van der Waals surface area contributed by atoms with Crippen LogP contribution in [0.2, 0.25) is 0 Å². The Balaban J connectivity index is 0. The van der Waals surface area contributed by atoms with Crippen LogP contribution < -0.4 is 0 Å². The van der Waals surface area contributed by atoms with E-state index in [1.54, 1.807) is 6.92 Å². The van der Waals surface area contributed by atoms with Crippen LogP contribution in [0.1, 0.15) is 13.3 Å². The van der Waals surface area contributed by atoms with Gasteiger partial charge in [-0.05, 0) is 17.9 Å². The smallest absolute Gasteiger partial charge is 0.396 e. The molecule has 0 amide bonds. The molecule has 0 aromatic carbocycles. The molecule has 3 N–H and O–H groups in total. The maximum Gasteiger partial charge on any atom is 0.491 e. The SMILES string of the molecule is CC(O)CCO.O=[PH+]O. The van der Waals surface area contributed by atoms with Crippen molar-refractivity contribution in [3.05, 3.63) is 0 Å². The molecule has 0 aromatic heterocycles. The van der Waals surface area contributed by atoms with Crippen molar-refractivity contribution < 1.29 is 19.7 Å². The minimum Gasteiger partial charge on any atom is -0.396 e. The Kier molecular flexibility index (Phi) is 14.2. The molecule has 5 heteroatoms. The van der Waals surface area contributed by atoms with E-state index in [1.165, 1.54) is 0 Å². The number of aliphatic hydroxyl groups excluding tert-OH is 2. The summed E-state index contributed by atoms with van der Waals surface area (Å²) in [5, 5.41) is 16.5. The van der Waals surface area contributed by atoms with Gasteiger partial charge in [-0.15, -0.1) is 0 Å². The lowest BCUT2D eigenvalue weighted by Crippen LogP contribution is -2.00. The fraction of sp³-hybridized carbons (Fsp3) is 1.00. The first-order valence-corrected chi connectivity index (χ1v) is 3.34. The highest BCUT2D eigenvalue weighted by atomic mass is 31.1. The van der Waals surface area contributed by atoms with Gasteiger partial charge in [-0.25, -0.2) is 0 Å². The van der Waals surface area contributed by atoms with Crippen LogP contribution in [-0.4, -0.2) is 27.8 Å². The molecule has 9 heavy (non-hydrogen) atoms. The van der Waals surface area contributed by atoms with Gasteiger partial charge in [-0.2, -0.15) is 4.89 Å². The quantitative estimate of drug-likeness (QED) is 0.477. The predicted octanol–water partition coefficient (Wildman–Crippen LogP) is -0.333. The number of hydrogen-bond donors (Lipinski definition) is 3. The normalized spacial score (nSPS) is 12.0. The zero-order valence-corrected chi connectivity index (χ0v) is 6.24. The van der Waals surface area contributed by atoms with Crippen molar-refractivity contribution in [1.29, 1.82) is 0 Å². The molecule has 0 aliphatic carbocycles. The molecule has 0 saturated heterocycles. The molecule has 0 spiro atoms. The first-order chi connectivity index (χ1) is 4.18. The largest absolute Gasteiger partial charge is 0.491 e. The van der Waals surface area contributed by atoms with Gasteiger partial charge in [0.05, 0.1) is 6.10 Å². The molecule has 0 aliphatic heterocycles.